The van der Waals surface area contributed by atoms with Crippen LogP contribution in [0.4, 0.5) is 0 Å². The second-order valence-corrected chi connectivity index (χ2v) is 10.4. The van der Waals surface area contributed by atoms with E-state index in [0.717, 1.165) is 3.57 Å². The van der Waals surface area contributed by atoms with Gasteiger partial charge in [-0.1, -0.05) is 0 Å². The molecule has 128 valence electrons. The van der Waals surface area contributed by atoms with E-state index in [-0.39, 0.29) is 29.1 Å². The summed E-state index contributed by atoms with van der Waals surface area (Å²) in [6, 6.07) is 5.74. The van der Waals surface area contributed by atoms with E-state index >= 15 is 0 Å². The fraction of sp³-hybridized carbons (Fsp3) is 0. The average molecular weight is 797 g/mol. The molecule has 0 saturated heterocycles. The summed E-state index contributed by atoms with van der Waals surface area (Å²) in [6.45, 7) is 0. The Morgan fingerprint density at radius 2 is 1.54 bits per heavy atom. The van der Waals surface area contributed by atoms with E-state index in [0.29, 0.717) is 3.57 Å². The second kappa shape index (κ2) is 8.05. The van der Waals surface area contributed by atoms with E-state index in [1.54, 1.807) is 51.2 Å². The second-order valence-electron chi connectivity index (χ2n) is 4.34. The molecule has 2 aromatic carbocycles. The first-order valence-corrected chi connectivity index (χ1v) is 11.6. The van der Waals surface area contributed by atoms with Crippen molar-refractivity contribution in [3.05, 3.63) is 44.1 Å². The summed E-state index contributed by atoms with van der Waals surface area (Å²) >= 11 is 7.28. The van der Waals surface area contributed by atoms with Gasteiger partial charge in [0.25, 0.3) is 0 Å². The monoisotopic (exact) mass is 797 g/mol. The van der Waals surface area contributed by atoms with Crippen LogP contribution >= 0.6 is 90.4 Å². The topological polar surface area (TPSA) is 104 Å². The van der Waals surface area contributed by atoms with Crippen molar-refractivity contribution in [2.45, 2.75) is 4.90 Å². The molecule has 11 heteroatoms. The van der Waals surface area contributed by atoms with Crippen LogP contribution in [-0.4, -0.2) is 24.0 Å². The molecule has 0 aromatic heterocycles. The smallest absolute Gasteiger partial charge is 0.347 e. The number of phenols is 1. The van der Waals surface area contributed by atoms with Gasteiger partial charge in [-0.25, -0.2) is 13.2 Å². The van der Waals surface area contributed by atoms with Crippen LogP contribution in [0.3, 0.4) is 0 Å². The maximum atomic E-state index is 12.3. The number of rotatable bonds is 3. The predicted octanol–water partition coefficient (Wildman–Crippen LogP) is 3.93. The van der Waals surface area contributed by atoms with E-state index < -0.39 is 16.1 Å². The summed E-state index contributed by atoms with van der Waals surface area (Å²) in [6.07, 6.45) is 0. The van der Waals surface area contributed by atoms with Crippen molar-refractivity contribution in [3.63, 3.8) is 0 Å². The summed E-state index contributed by atoms with van der Waals surface area (Å²) in [5, 5.41) is 10.00. The van der Waals surface area contributed by atoms with Gasteiger partial charge in [0.05, 0.1) is 8.47 Å². The number of halogens is 4. The van der Waals surface area contributed by atoms with Crippen molar-refractivity contribution in [1.82, 2.24) is 0 Å². The number of ether oxygens (including phenoxy) is 1. The van der Waals surface area contributed by atoms with Crippen LogP contribution in [-0.2, 0) is 10.1 Å². The van der Waals surface area contributed by atoms with Gasteiger partial charge in [0, 0.05) is 10.7 Å². The molecular formula is C13H5I4O6S-. The van der Waals surface area contributed by atoms with Crippen LogP contribution in [0.15, 0.2) is 29.2 Å². The third-order valence-corrected chi connectivity index (χ3v) is 7.50. The maximum Gasteiger partial charge on any atom is 0.347 e. The molecular weight excluding hydrogens is 792 g/mol. The Kier molecular flexibility index (Phi) is 6.99. The van der Waals surface area contributed by atoms with E-state index in [1.807, 2.05) is 45.2 Å². The van der Waals surface area contributed by atoms with Crippen LogP contribution in [0.5, 0.6) is 11.5 Å². The lowest BCUT2D eigenvalue weighted by atomic mass is 10.2. The third-order valence-electron chi connectivity index (χ3n) is 2.68. The van der Waals surface area contributed by atoms with Gasteiger partial charge < -0.3 is 14.4 Å². The number of benzene rings is 2. The maximum absolute atomic E-state index is 12.3. The first-order valence-electron chi connectivity index (χ1n) is 5.86. The Morgan fingerprint density at radius 1 is 1.00 bits per heavy atom. The van der Waals surface area contributed by atoms with Crippen molar-refractivity contribution in [2.24, 2.45) is 0 Å². The van der Waals surface area contributed by atoms with Crippen LogP contribution < -0.4 is 4.74 Å². The molecule has 0 aliphatic rings. The molecule has 0 saturated carbocycles. The number of carbonyl (C=O) groups is 1. The number of carbonyl (C=O) groups excluding carboxylic acids is 1. The highest BCUT2D eigenvalue weighted by Gasteiger charge is 2.19. The van der Waals surface area contributed by atoms with Gasteiger partial charge in [-0.3, -0.25) is 0 Å². The molecule has 6 nitrogen and oxygen atoms in total. The summed E-state index contributed by atoms with van der Waals surface area (Å²) in [7, 11) is -4.63. The van der Waals surface area contributed by atoms with Gasteiger partial charge >= 0.3 is 5.97 Å². The van der Waals surface area contributed by atoms with Crippen molar-refractivity contribution in [3.8, 4) is 11.5 Å². The number of phenolic OH excluding ortho intramolecular Hbond substituents is 1. The number of hydrogen-bond donors (Lipinski definition) is 1. The summed E-state index contributed by atoms with van der Waals surface area (Å²) < 4.78 is 40.5. The molecule has 0 aliphatic heterocycles. The predicted molar refractivity (Wildman–Crippen MR) is 118 cm³/mol. The minimum atomic E-state index is -4.63. The molecule has 0 heterocycles. The van der Waals surface area contributed by atoms with E-state index in [9.17, 15) is 22.9 Å². The third kappa shape index (κ3) is 4.83. The molecule has 0 bridgehead atoms. The highest BCUT2D eigenvalue weighted by atomic mass is 127. The number of aromatic hydroxyl groups is 1. The highest BCUT2D eigenvalue weighted by molar-refractivity contribution is 14.1. The van der Waals surface area contributed by atoms with Crippen LogP contribution in [0.1, 0.15) is 10.4 Å². The lowest BCUT2D eigenvalue weighted by Gasteiger charge is -2.14. The van der Waals surface area contributed by atoms with E-state index in [2.05, 4.69) is 0 Å². The minimum Gasteiger partial charge on any atom is -0.744 e. The highest BCUT2D eigenvalue weighted by Crippen LogP contribution is 2.31. The number of hydrogen-bond acceptors (Lipinski definition) is 6. The summed E-state index contributed by atoms with van der Waals surface area (Å²) in [5.41, 5.74) is -0.00293. The van der Waals surface area contributed by atoms with Crippen molar-refractivity contribution < 1.29 is 27.6 Å². The van der Waals surface area contributed by atoms with E-state index in [1.165, 1.54) is 18.2 Å². The zero-order chi connectivity index (χ0) is 18.2. The first kappa shape index (κ1) is 20.8. The molecule has 0 unspecified atom stereocenters. The molecule has 2 aromatic rings. The van der Waals surface area contributed by atoms with Gasteiger partial charge in [0.15, 0.2) is 0 Å². The Balaban J connectivity index is 2.41. The fourth-order valence-electron chi connectivity index (χ4n) is 1.72. The van der Waals surface area contributed by atoms with E-state index in [4.69, 9.17) is 4.74 Å². The molecule has 2 rings (SSSR count). The van der Waals surface area contributed by atoms with Gasteiger partial charge in [-0.2, -0.15) is 0 Å². The van der Waals surface area contributed by atoms with Crippen LogP contribution in [0.2, 0.25) is 0 Å². The van der Waals surface area contributed by atoms with Gasteiger partial charge in [-0.05, 0) is 115 Å². The Hall–Kier alpha value is 0.540. The number of esters is 1. The molecule has 1 N–H and O–H groups in total. The molecule has 0 fully saturated rings. The average Bonchev–Trinajstić information content (AvgIpc) is 2.40. The lowest BCUT2D eigenvalue weighted by molar-refractivity contribution is 0.0731. The van der Waals surface area contributed by atoms with Gasteiger partial charge in [0.1, 0.15) is 27.2 Å². The SMILES string of the molecule is O=C(Oc1cc(I)c(S(=O)(=O)[O-])c(I)c1)c1cc(I)cc(I)c1O. The molecule has 0 aliphatic carbocycles. The quantitative estimate of drug-likeness (QED) is 0.219. The standard InChI is InChI=1S/C13H6I4O6S/c14-5-1-7(11(18)8(15)2-5)13(19)23-6-3-9(16)12(10(17)4-6)24(20,21)22/h1-4,18H,(H,20,21,22)/p-1. The Bertz CT molecular complexity index is 919. The normalized spacial score (nSPS) is 11.4. The fourth-order valence-corrected chi connectivity index (χ4v) is 7.49. The van der Waals surface area contributed by atoms with Crippen LogP contribution in [0, 0.1) is 14.3 Å². The summed E-state index contributed by atoms with van der Waals surface area (Å²) in [5.74, 6) is -0.896. The largest absolute Gasteiger partial charge is 0.744 e. The molecule has 24 heavy (non-hydrogen) atoms. The van der Waals surface area contributed by atoms with Crippen molar-refractivity contribution in [2.75, 3.05) is 0 Å². The first-order chi connectivity index (χ1) is 11.0. The van der Waals surface area contributed by atoms with Gasteiger partial charge in [-0.15, -0.1) is 0 Å². The van der Waals surface area contributed by atoms with Crippen molar-refractivity contribution >= 4 is 106 Å². The summed E-state index contributed by atoms with van der Waals surface area (Å²) in [4.78, 5) is 11.9. The van der Waals surface area contributed by atoms with Crippen molar-refractivity contribution in [1.29, 1.82) is 0 Å². The zero-order valence-electron chi connectivity index (χ0n) is 11.2. The molecule has 0 spiro atoms. The minimum absolute atomic E-state index is 0.00293. The Morgan fingerprint density at radius 3 is 2.04 bits per heavy atom. The Labute approximate surface area is 192 Å². The molecule has 0 amide bonds. The molecule has 0 radical (unpaired) electrons. The van der Waals surface area contributed by atoms with Gasteiger partial charge in [0.2, 0.25) is 0 Å². The zero-order valence-corrected chi connectivity index (χ0v) is 20.7. The molecule has 0 atom stereocenters. The lowest BCUT2D eigenvalue weighted by Crippen LogP contribution is -2.11. The van der Waals surface area contributed by atoms with Crippen LogP contribution in [0.25, 0.3) is 0 Å².